The second-order valence-electron chi connectivity index (χ2n) is 6.96. The molecule has 24 heavy (non-hydrogen) atoms. The predicted molar refractivity (Wildman–Crippen MR) is 102 cm³/mol. The lowest BCUT2D eigenvalue weighted by atomic mass is 10.0. The second-order valence-corrected chi connectivity index (χ2v) is 6.96. The number of hydrogen-bond acceptors (Lipinski definition) is 2. The number of carboxylic acids is 1. The van der Waals surface area contributed by atoms with Gasteiger partial charge in [-0.15, -0.1) is 0 Å². The number of unbranched alkanes of at least 4 members (excludes halogenated alkanes) is 12. The highest BCUT2D eigenvalue weighted by molar-refractivity contribution is 5.66. The van der Waals surface area contributed by atoms with Crippen LogP contribution in [-0.4, -0.2) is 22.3 Å². The Morgan fingerprint density at radius 3 is 1.83 bits per heavy atom. The maximum Gasteiger partial charge on any atom is 0.303 e. The highest BCUT2D eigenvalue weighted by atomic mass is 16.4. The fraction of sp³-hybridized carbons (Fsp3) is 0.857. The summed E-state index contributed by atoms with van der Waals surface area (Å²) in [5.41, 5.74) is 0. The monoisotopic (exact) mass is 340 g/mol. The van der Waals surface area contributed by atoms with Crippen LogP contribution in [0, 0.1) is 0 Å². The summed E-state index contributed by atoms with van der Waals surface area (Å²) < 4.78 is 0. The van der Waals surface area contributed by atoms with E-state index in [2.05, 4.69) is 13.0 Å². The first-order chi connectivity index (χ1) is 11.7. The van der Waals surface area contributed by atoms with E-state index in [1.54, 1.807) is 0 Å². The summed E-state index contributed by atoms with van der Waals surface area (Å²) in [6.07, 6.45) is 21.9. The first-order valence-electron chi connectivity index (χ1n) is 10.2. The molecule has 0 aliphatic carbocycles. The average molecular weight is 341 g/mol. The minimum absolute atomic E-state index is 0.242. The van der Waals surface area contributed by atoms with E-state index >= 15 is 0 Å². The molecule has 2 N–H and O–H groups in total. The SMILES string of the molecule is CCCCC(O)C=CCCCCCCCCCCCCCC(=O)O. The molecule has 1 atom stereocenters. The first kappa shape index (κ1) is 23.2. The normalized spacial score (nSPS) is 12.8. The zero-order valence-electron chi connectivity index (χ0n) is 15.8. The maximum absolute atomic E-state index is 10.4. The van der Waals surface area contributed by atoms with Crippen molar-refractivity contribution >= 4 is 5.97 Å². The van der Waals surface area contributed by atoms with Crippen LogP contribution in [0.3, 0.4) is 0 Å². The molecule has 0 spiro atoms. The molecule has 0 aromatic rings. The summed E-state index contributed by atoms with van der Waals surface area (Å²) in [7, 11) is 0. The highest BCUT2D eigenvalue weighted by Gasteiger charge is 1.98. The van der Waals surface area contributed by atoms with Gasteiger partial charge in [-0.3, -0.25) is 4.79 Å². The van der Waals surface area contributed by atoms with E-state index in [0.29, 0.717) is 6.42 Å². The van der Waals surface area contributed by atoms with Crippen molar-refractivity contribution in [3.63, 3.8) is 0 Å². The van der Waals surface area contributed by atoms with Crippen molar-refractivity contribution in [2.24, 2.45) is 0 Å². The smallest absolute Gasteiger partial charge is 0.303 e. The summed E-state index contributed by atoms with van der Waals surface area (Å²) in [5.74, 6) is -0.668. The Balaban J connectivity index is 3.15. The fourth-order valence-electron chi connectivity index (χ4n) is 2.89. The topological polar surface area (TPSA) is 57.5 Å². The van der Waals surface area contributed by atoms with Gasteiger partial charge in [-0.1, -0.05) is 89.7 Å². The van der Waals surface area contributed by atoms with E-state index in [1.807, 2.05) is 6.08 Å². The maximum atomic E-state index is 10.4. The molecule has 0 radical (unpaired) electrons. The van der Waals surface area contributed by atoms with Gasteiger partial charge in [0.05, 0.1) is 6.10 Å². The molecule has 0 bridgehead atoms. The van der Waals surface area contributed by atoms with E-state index in [9.17, 15) is 9.90 Å². The largest absolute Gasteiger partial charge is 0.481 e. The van der Waals surface area contributed by atoms with Crippen molar-refractivity contribution in [3.05, 3.63) is 12.2 Å². The molecule has 0 rings (SSSR count). The third-order valence-electron chi connectivity index (χ3n) is 4.47. The van der Waals surface area contributed by atoms with Crippen molar-refractivity contribution in [3.8, 4) is 0 Å². The van der Waals surface area contributed by atoms with Crippen molar-refractivity contribution in [1.82, 2.24) is 0 Å². The lowest BCUT2D eigenvalue weighted by Gasteiger charge is -2.03. The zero-order chi connectivity index (χ0) is 17.9. The minimum atomic E-state index is -0.668. The Morgan fingerprint density at radius 1 is 0.833 bits per heavy atom. The minimum Gasteiger partial charge on any atom is -0.481 e. The first-order valence-corrected chi connectivity index (χ1v) is 10.2. The van der Waals surface area contributed by atoms with Gasteiger partial charge in [-0.2, -0.15) is 0 Å². The highest BCUT2D eigenvalue weighted by Crippen LogP contribution is 2.13. The molecule has 0 saturated carbocycles. The van der Waals surface area contributed by atoms with Crippen LogP contribution in [0.2, 0.25) is 0 Å². The number of allylic oxidation sites excluding steroid dienone is 1. The fourth-order valence-corrected chi connectivity index (χ4v) is 2.89. The number of hydrogen-bond donors (Lipinski definition) is 2. The quantitative estimate of drug-likeness (QED) is 0.229. The molecule has 0 aromatic carbocycles. The molecule has 3 nitrogen and oxygen atoms in total. The molecule has 0 amide bonds. The van der Waals surface area contributed by atoms with Gasteiger partial charge < -0.3 is 10.2 Å². The Kier molecular flexibility index (Phi) is 17.9. The van der Waals surface area contributed by atoms with E-state index in [4.69, 9.17) is 5.11 Å². The molecule has 0 aliphatic heterocycles. The summed E-state index contributed by atoms with van der Waals surface area (Å²) in [6.45, 7) is 2.15. The molecular formula is C21H40O3. The van der Waals surface area contributed by atoms with E-state index in [-0.39, 0.29) is 6.10 Å². The third kappa shape index (κ3) is 19.2. The van der Waals surface area contributed by atoms with Crippen molar-refractivity contribution in [1.29, 1.82) is 0 Å². The zero-order valence-corrected chi connectivity index (χ0v) is 15.8. The number of carboxylic acid groups (broad SMARTS) is 1. The van der Waals surface area contributed by atoms with Gasteiger partial charge in [0.1, 0.15) is 0 Å². The average Bonchev–Trinajstić information content (AvgIpc) is 2.56. The van der Waals surface area contributed by atoms with Gasteiger partial charge in [0.2, 0.25) is 0 Å². The van der Waals surface area contributed by atoms with Gasteiger partial charge >= 0.3 is 5.97 Å². The van der Waals surface area contributed by atoms with Crippen LogP contribution in [0.25, 0.3) is 0 Å². The van der Waals surface area contributed by atoms with Gasteiger partial charge in [-0.05, 0) is 25.7 Å². The van der Waals surface area contributed by atoms with Gasteiger partial charge in [0, 0.05) is 6.42 Å². The summed E-state index contributed by atoms with van der Waals surface area (Å²) in [4.78, 5) is 10.4. The molecule has 0 aromatic heterocycles. The Morgan fingerprint density at radius 2 is 1.33 bits per heavy atom. The van der Waals surface area contributed by atoms with Crippen LogP contribution >= 0.6 is 0 Å². The van der Waals surface area contributed by atoms with Crippen LogP contribution < -0.4 is 0 Å². The Labute approximate surface area is 149 Å². The number of carbonyl (C=O) groups is 1. The standard InChI is InChI=1S/C21H40O3/c1-2-3-17-20(22)18-15-13-11-9-7-5-4-6-8-10-12-14-16-19-21(23)24/h15,18,20,22H,2-14,16-17,19H2,1H3,(H,23,24). The number of aliphatic hydroxyl groups is 1. The lowest BCUT2D eigenvalue weighted by molar-refractivity contribution is -0.137. The molecule has 0 saturated heterocycles. The van der Waals surface area contributed by atoms with Crippen LogP contribution in [0.1, 0.15) is 110 Å². The third-order valence-corrected chi connectivity index (χ3v) is 4.47. The van der Waals surface area contributed by atoms with Gasteiger partial charge in [0.25, 0.3) is 0 Å². The second kappa shape index (κ2) is 18.5. The molecule has 0 aliphatic rings. The van der Waals surface area contributed by atoms with Crippen molar-refractivity contribution in [2.45, 2.75) is 116 Å². The van der Waals surface area contributed by atoms with E-state index < -0.39 is 5.97 Å². The number of aliphatic hydroxyl groups excluding tert-OH is 1. The van der Waals surface area contributed by atoms with Gasteiger partial charge in [-0.25, -0.2) is 0 Å². The van der Waals surface area contributed by atoms with E-state index in [0.717, 1.165) is 38.5 Å². The number of aliphatic carboxylic acids is 1. The molecule has 0 heterocycles. The van der Waals surface area contributed by atoms with Gasteiger partial charge in [0.15, 0.2) is 0 Å². The van der Waals surface area contributed by atoms with Crippen LogP contribution in [0.15, 0.2) is 12.2 Å². The lowest BCUT2D eigenvalue weighted by Crippen LogP contribution is -2.00. The number of rotatable bonds is 18. The van der Waals surface area contributed by atoms with E-state index in [1.165, 1.54) is 57.8 Å². The molecule has 1 unspecified atom stereocenters. The Hall–Kier alpha value is -0.830. The van der Waals surface area contributed by atoms with Crippen LogP contribution in [0.5, 0.6) is 0 Å². The van der Waals surface area contributed by atoms with Crippen molar-refractivity contribution < 1.29 is 15.0 Å². The van der Waals surface area contributed by atoms with Crippen molar-refractivity contribution in [2.75, 3.05) is 0 Å². The van der Waals surface area contributed by atoms with Crippen LogP contribution in [-0.2, 0) is 4.79 Å². The summed E-state index contributed by atoms with van der Waals surface area (Å²) in [5, 5.41) is 18.2. The summed E-state index contributed by atoms with van der Waals surface area (Å²) >= 11 is 0. The molecule has 3 heteroatoms. The molecule has 0 fully saturated rings. The molecular weight excluding hydrogens is 300 g/mol. The molecule has 142 valence electrons. The summed E-state index contributed by atoms with van der Waals surface area (Å²) in [6, 6.07) is 0. The predicted octanol–water partition coefficient (Wildman–Crippen LogP) is 6.25. The Bertz CT molecular complexity index is 299. The van der Waals surface area contributed by atoms with Crippen LogP contribution in [0.4, 0.5) is 0 Å².